The average Bonchev–Trinajstić information content (AvgIpc) is 3.13. The van der Waals surface area contributed by atoms with Crippen LogP contribution in [0.4, 0.5) is 13.2 Å². The largest absolute Gasteiger partial charge is 0.490 e. The van der Waals surface area contributed by atoms with E-state index in [-0.39, 0.29) is 18.1 Å². The summed E-state index contributed by atoms with van der Waals surface area (Å²) in [5, 5.41) is 10.1. The van der Waals surface area contributed by atoms with Gasteiger partial charge in [0.2, 0.25) is 0 Å². The quantitative estimate of drug-likeness (QED) is 0.544. The number of aromatic nitrogens is 1. The van der Waals surface area contributed by atoms with Crippen molar-refractivity contribution in [3.05, 3.63) is 36.2 Å². The molecule has 2 aliphatic heterocycles. The van der Waals surface area contributed by atoms with Crippen LogP contribution in [0.25, 0.3) is 0 Å². The molecular formula is C13H14F3N5O3. The van der Waals surface area contributed by atoms with Gasteiger partial charge in [0.1, 0.15) is 5.69 Å². The Labute approximate surface area is 133 Å². The van der Waals surface area contributed by atoms with Gasteiger partial charge in [0, 0.05) is 12.7 Å². The molecule has 8 nitrogen and oxygen atoms in total. The Morgan fingerprint density at radius 1 is 1.42 bits per heavy atom. The van der Waals surface area contributed by atoms with Crippen LogP contribution in [0.3, 0.4) is 0 Å². The lowest BCUT2D eigenvalue weighted by molar-refractivity contribution is -0.192. The topological polar surface area (TPSA) is 124 Å². The second-order valence-corrected chi connectivity index (χ2v) is 4.87. The highest BCUT2D eigenvalue weighted by Crippen LogP contribution is 2.19. The van der Waals surface area contributed by atoms with Crippen LogP contribution in [0.15, 0.2) is 35.5 Å². The van der Waals surface area contributed by atoms with Crippen molar-refractivity contribution >= 4 is 17.8 Å². The zero-order chi connectivity index (χ0) is 17.9. The molecule has 3 heterocycles. The summed E-state index contributed by atoms with van der Waals surface area (Å²) >= 11 is 0. The number of carbonyl (C=O) groups is 2. The number of aromatic amines is 1. The van der Waals surface area contributed by atoms with Crippen molar-refractivity contribution in [3.8, 4) is 0 Å². The first-order valence-electron chi connectivity index (χ1n) is 6.71. The van der Waals surface area contributed by atoms with Gasteiger partial charge in [-0.15, -0.1) is 0 Å². The summed E-state index contributed by atoms with van der Waals surface area (Å²) in [5.41, 5.74) is 6.20. The fourth-order valence-electron chi connectivity index (χ4n) is 2.17. The number of aliphatic imine (C=N–C) groups is 1. The fourth-order valence-corrected chi connectivity index (χ4v) is 2.17. The Kier molecular flexibility index (Phi) is 4.81. The first-order chi connectivity index (χ1) is 11.2. The van der Waals surface area contributed by atoms with Gasteiger partial charge < -0.3 is 26.0 Å². The van der Waals surface area contributed by atoms with Crippen LogP contribution in [0, 0.1) is 0 Å². The highest BCUT2D eigenvalue weighted by Gasteiger charge is 2.38. The van der Waals surface area contributed by atoms with Gasteiger partial charge in [-0.25, -0.2) is 9.79 Å². The molecule has 0 saturated heterocycles. The summed E-state index contributed by atoms with van der Waals surface area (Å²) in [6, 6.07) is 3.54. The van der Waals surface area contributed by atoms with E-state index >= 15 is 0 Å². The van der Waals surface area contributed by atoms with E-state index in [9.17, 15) is 18.0 Å². The van der Waals surface area contributed by atoms with Gasteiger partial charge in [0.05, 0.1) is 6.04 Å². The lowest BCUT2D eigenvalue weighted by Crippen LogP contribution is -2.49. The molecule has 0 radical (unpaired) electrons. The number of hydrogen-bond donors (Lipinski definition) is 4. The van der Waals surface area contributed by atoms with Gasteiger partial charge in [-0.05, 0) is 12.1 Å². The number of nitrogens with two attached hydrogens (primary N) is 1. The monoisotopic (exact) mass is 345 g/mol. The maximum atomic E-state index is 12.2. The maximum absolute atomic E-state index is 12.2. The van der Waals surface area contributed by atoms with Gasteiger partial charge in [-0.3, -0.25) is 4.79 Å². The minimum Gasteiger partial charge on any atom is -0.475 e. The number of carboxylic acids is 1. The molecule has 24 heavy (non-hydrogen) atoms. The third kappa shape index (κ3) is 3.86. The van der Waals surface area contributed by atoms with Crippen molar-refractivity contribution < 1.29 is 27.9 Å². The average molecular weight is 345 g/mol. The molecule has 5 N–H and O–H groups in total. The molecule has 0 aliphatic carbocycles. The zero-order valence-electron chi connectivity index (χ0n) is 12.1. The number of nitrogens with one attached hydrogen (secondary N) is 2. The molecule has 1 amide bonds. The van der Waals surface area contributed by atoms with Gasteiger partial charge >= 0.3 is 12.1 Å². The van der Waals surface area contributed by atoms with E-state index in [2.05, 4.69) is 15.3 Å². The molecule has 2 unspecified atom stereocenters. The standard InChI is InChI=1S/C11H13N5O.C2HF3O2/c12-11-14-7-4-2-6-16(9(7)15-11)10(17)8-3-1-5-13-8;3-2(4,5)1(6)7/h1-5,7,9,13H,6H2,(H3,12,14,15);(H,6,7). The molecule has 11 heteroatoms. The number of H-pyrrole nitrogens is 1. The van der Waals surface area contributed by atoms with Crippen molar-refractivity contribution in [3.63, 3.8) is 0 Å². The molecule has 2 atom stereocenters. The second kappa shape index (κ2) is 6.64. The number of rotatable bonds is 1. The first-order valence-corrected chi connectivity index (χ1v) is 6.71. The van der Waals surface area contributed by atoms with Crippen LogP contribution in [0.1, 0.15) is 10.5 Å². The van der Waals surface area contributed by atoms with Crippen LogP contribution in [-0.4, -0.2) is 57.8 Å². The number of aliphatic carboxylic acids is 1. The molecule has 1 aromatic heterocycles. The Bertz CT molecular complexity index is 669. The summed E-state index contributed by atoms with van der Waals surface area (Å²) < 4.78 is 31.7. The Hall–Kier alpha value is -2.98. The Morgan fingerprint density at radius 2 is 2.08 bits per heavy atom. The predicted octanol–water partition coefficient (Wildman–Crippen LogP) is 0.273. The van der Waals surface area contributed by atoms with Crippen molar-refractivity contribution in [1.29, 1.82) is 0 Å². The molecule has 0 spiro atoms. The van der Waals surface area contributed by atoms with Gasteiger partial charge in [-0.2, -0.15) is 13.2 Å². The molecule has 0 bridgehead atoms. The van der Waals surface area contributed by atoms with E-state index in [1.54, 1.807) is 23.2 Å². The van der Waals surface area contributed by atoms with E-state index in [0.29, 0.717) is 18.2 Å². The Morgan fingerprint density at radius 3 is 2.62 bits per heavy atom. The highest BCUT2D eigenvalue weighted by molar-refractivity contribution is 5.93. The number of fused-ring (bicyclic) bond motifs is 1. The number of alkyl halides is 3. The molecule has 0 saturated carbocycles. The predicted molar refractivity (Wildman–Crippen MR) is 77.0 cm³/mol. The minimum absolute atomic E-state index is 0.0114. The molecule has 0 fully saturated rings. The van der Waals surface area contributed by atoms with Crippen LogP contribution in [0.5, 0.6) is 0 Å². The zero-order valence-corrected chi connectivity index (χ0v) is 12.1. The van der Waals surface area contributed by atoms with Gasteiger partial charge in [-0.1, -0.05) is 12.2 Å². The third-order valence-electron chi connectivity index (χ3n) is 3.20. The summed E-state index contributed by atoms with van der Waals surface area (Å²) in [4.78, 5) is 30.0. The summed E-state index contributed by atoms with van der Waals surface area (Å²) in [5.74, 6) is -2.43. The summed E-state index contributed by atoms with van der Waals surface area (Å²) in [6.45, 7) is 0.553. The smallest absolute Gasteiger partial charge is 0.475 e. The number of amides is 1. The van der Waals surface area contributed by atoms with Gasteiger partial charge in [0.15, 0.2) is 12.1 Å². The summed E-state index contributed by atoms with van der Waals surface area (Å²) in [7, 11) is 0. The SMILES string of the molecule is NC1=NC2C(C=CCN2C(=O)c2ccc[nH]2)N1.O=C(O)C(F)(F)F. The summed E-state index contributed by atoms with van der Waals surface area (Å²) in [6.07, 6.45) is 0.348. The van der Waals surface area contributed by atoms with Crippen molar-refractivity contribution in [2.24, 2.45) is 10.7 Å². The fraction of sp³-hybridized carbons (Fsp3) is 0.308. The number of nitrogens with zero attached hydrogens (tertiary/aromatic N) is 2. The van der Waals surface area contributed by atoms with Crippen molar-refractivity contribution in [2.75, 3.05) is 6.54 Å². The van der Waals surface area contributed by atoms with E-state index in [1.165, 1.54) is 0 Å². The lowest BCUT2D eigenvalue weighted by atomic mass is 10.1. The molecular weight excluding hydrogens is 331 g/mol. The number of guanidine groups is 1. The van der Waals surface area contributed by atoms with E-state index in [1.807, 2.05) is 12.2 Å². The lowest BCUT2D eigenvalue weighted by Gasteiger charge is -2.31. The van der Waals surface area contributed by atoms with E-state index in [0.717, 1.165) is 0 Å². The maximum Gasteiger partial charge on any atom is 0.490 e. The number of carboxylic acid groups (broad SMARTS) is 1. The number of carbonyl (C=O) groups excluding carboxylic acids is 1. The molecule has 1 aromatic rings. The van der Waals surface area contributed by atoms with Crippen LogP contribution in [-0.2, 0) is 4.79 Å². The first kappa shape index (κ1) is 17.4. The molecule has 0 aromatic carbocycles. The van der Waals surface area contributed by atoms with E-state index < -0.39 is 12.1 Å². The molecule has 3 rings (SSSR count). The van der Waals surface area contributed by atoms with E-state index in [4.69, 9.17) is 15.6 Å². The van der Waals surface area contributed by atoms with Crippen molar-refractivity contribution in [1.82, 2.24) is 15.2 Å². The second-order valence-electron chi connectivity index (χ2n) is 4.87. The number of hydrogen-bond acceptors (Lipinski definition) is 5. The normalized spacial score (nSPS) is 22.0. The van der Waals surface area contributed by atoms with Crippen molar-refractivity contribution in [2.45, 2.75) is 18.4 Å². The third-order valence-corrected chi connectivity index (χ3v) is 3.20. The van der Waals surface area contributed by atoms with Crippen LogP contribution < -0.4 is 11.1 Å². The number of halogens is 3. The van der Waals surface area contributed by atoms with Gasteiger partial charge in [0.25, 0.3) is 5.91 Å². The highest BCUT2D eigenvalue weighted by atomic mass is 19.4. The van der Waals surface area contributed by atoms with Crippen LogP contribution >= 0.6 is 0 Å². The Balaban J connectivity index is 0.000000256. The molecule has 130 valence electrons. The molecule has 2 aliphatic rings. The minimum atomic E-state index is -5.08. The van der Waals surface area contributed by atoms with Crippen LogP contribution in [0.2, 0.25) is 0 Å².